The lowest BCUT2D eigenvalue weighted by molar-refractivity contribution is -0.153. The maximum atomic E-state index is 14.9. The second-order valence-corrected chi connectivity index (χ2v) is 12.7. The Balaban J connectivity index is 1.84. The Bertz CT molecular complexity index is 1230. The summed E-state index contributed by atoms with van der Waals surface area (Å²) < 4.78 is 6.94. The summed E-state index contributed by atoms with van der Waals surface area (Å²) in [5.74, 6) is -2.36. The molecule has 3 unspecified atom stereocenters. The van der Waals surface area contributed by atoms with Gasteiger partial charge in [0.05, 0.1) is 30.1 Å². The lowest BCUT2D eigenvalue weighted by atomic mass is 9.62. The number of nitrogens with zero attached hydrogens (tertiary/aromatic N) is 4. The van der Waals surface area contributed by atoms with Gasteiger partial charge in [-0.1, -0.05) is 32.9 Å². The molecule has 0 radical (unpaired) electrons. The van der Waals surface area contributed by atoms with Gasteiger partial charge in [-0.3, -0.25) is 14.4 Å². The van der Waals surface area contributed by atoms with Crippen LogP contribution in [0.25, 0.3) is 0 Å². The number of fused-ring (bicyclic) bond motifs is 1. The average molecular weight is 609 g/mol. The van der Waals surface area contributed by atoms with Gasteiger partial charge in [-0.05, 0) is 70.2 Å². The lowest BCUT2D eigenvalue weighted by Gasteiger charge is -2.39. The van der Waals surface area contributed by atoms with Crippen LogP contribution in [-0.2, 0) is 19.1 Å². The number of hydrogen-bond acceptors (Lipinski definition) is 6. The Kier molecular flexibility index (Phi) is 10.3. The number of benzene rings is 1. The summed E-state index contributed by atoms with van der Waals surface area (Å²) in [6.07, 6.45) is 5.07. The predicted molar refractivity (Wildman–Crippen MR) is 174 cm³/mol. The van der Waals surface area contributed by atoms with E-state index in [0.29, 0.717) is 31.6 Å². The van der Waals surface area contributed by atoms with Crippen LogP contribution < -0.4 is 9.80 Å². The molecule has 0 aromatic heterocycles. The van der Waals surface area contributed by atoms with E-state index in [0.717, 1.165) is 25.2 Å². The van der Waals surface area contributed by atoms with Crippen molar-refractivity contribution in [2.75, 3.05) is 49.1 Å². The van der Waals surface area contributed by atoms with Crippen LogP contribution in [0, 0.1) is 17.8 Å². The first-order valence-electron chi connectivity index (χ1n) is 16.3. The van der Waals surface area contributed by atoms with Gasteiger partial charge < -0.3 is 29.4 Å². The molecule has 1 aromatic rings. The summed E-state index contributed by atoms with van der Waals surface area (Å²) in [6.45, 7) is 22.4. The van der Waals surface area contributed by atoms with E-state index in [1.165, 1.54) is 0 Å². The van der Waals surface area contributed by atoms with Gasteiger partial charge in [0.15, 0.2) is 0 Å². The minimum absolute atomic E-state index is 0.0710. The van der Waals surface area contributed by atoms with Crippen LogP contribution in [0.2, 0.25) is 0 Å². The van der Waals surface area contributed by atoms with E-state index in [9.17, 15) is 19.5 Å². The maximum Gasteiger partial charge on any atom is 0.253 e. The Hall–Kier alpha value is -3.17. The molecule has 3 heterocycles. The van der Waals surface area contributed by atoms with Gasteiger partial charge in [0.1, 0.15) is 11.6 Å². The first-order chi connectivity index (χ1) is 21.0. The van der Waals surface area contributed by atoms with Gasteiger partial charge in [-0.25, -0.2) is 0 Å². The van der Waals surface area contributed by atoms with Gasteiger partial charge in [-0.15, -0.1) is 13.2 Å². The van der Waals surface area contributed by atoms with E-state index < -0.39 is 35.1 Å². The highest BCUT2D eigenvalue weighted by atomic mass is 16.5. The van der Waals surface area contributed by atoms with Crippen molar-refractivity contribution in [1.82, 2.24) is 9.80 Å². The Morgan fingerprint density at radius 2 is 1.68 bits per heavy atom. The third kappa shape index (κ3) is 5.26. The predicted octanol–water partition coefficient (Wildman–Crippen LogP) is 4.26. The highest BCUT2D eigenvalue weighted by molar-refractivity contribution is 6.05. The smallest absolute Gasteiger partial charge is 0.253 e. The average Bonchev–Trinajstić information content (AvgIpc) is 3.53. The largest absolute Gasteiger partial charge is 0.394 e. The highest BCUT2D eigenvalue weighted by Crippen LogP contribution is 2.66. The fraction of sp³-hybridized carbons (Fsp3) is 0.629. The number of ether oxygens (including phenoxy) is 1. The van der Waals surface area contributed by atoms with Crippen molar-refractivity contribution in [2.24, 2.45) is 17.8 Å². The van der Waals surface area contributed by atoms with Gasteiger partial charge in [0, 0.05) is 44.1 Å². The highest BCUT2D eigenvalue weighted by Gasteiger charge is 2.80. The SMILES string of the molecule is C=CCN(CCC)C(=O)[C@@H]1[C@H]2C(=O)N([C@@H](CC)CO)C(C(=O)N(CC=C)c3ccc(N(CC)CC)cc3)C23CC(C)[C@@]1(C)O3. The van der Waals surface area contributed by atoms with Crippen molar-refractivity contribution < 1.29 is 24.2 Å². The molecule has 3 fully saturated rings. The van der Waals surface area contributed by atoms with Crippen molar-refractivity contribution in [3.8, 4) is 0 Å². The molecule has 1 spiro atoms. The van der Waals surface area contributed by atoms with Crippen LogP contribution in [0.15, 0.2) is 49.6 Å². The Morgan fingerprint density at radius 3 is 2.20 bits per heavy atom. The molecule has 44 heavy (non-hydrogen) atoms. The molecule has 2 bridgehead atoms. The van der Waals surface area contributed by atoms with Gasteiger partial charge in [0.25, 0.3) is 5.91 Å². The van der Waals surface area contributed by atoms with Crippen molar-refractivity contribution in [2.45, 2.75) is 84.1 Å². The van der Waals surface area contributed by atoms with E-state index in [4.69, 9.17) is 4.74 Å². The Labute approximate surface area is 263 Å². The molecular weight excluding hydrogens is 556 g/mol. The molecule has 1 aromatic carbocycles. The zero-order chi connectivity index (χ0) is 32.4. The summed E-state index contributed by atoms with van der Waals surface area (Å²) >= 11 is 0. The molecule has 3 aliphatic heterocycles. The second-order valence-electron chi connectivity index (χ2n) is 12.7. The van der Waals surface area contributed by atoms with Crippen molar-refractivity contribution in [3.05, 3.63) is 49.6 Å². The summed E-state index contributed by atoms with van der Waals surface area (Å²) in [4.78, 5) is 51.0. The Morgan fingerprint density at radius 1 is 1.07 bits per heavy atom. The molecule has 9 nitrogen and oxygen atoms in total. The summed E-state index contributed by atoms with van der Waals surface area (Å²) in [5, 5.41) is 10.5. The van der Waals surface area contributed by atoms with E-state index in [-0.39, 0.29) is 36.8 Å². The number of hydrogen-bond donors (Lipinski definition) is 1. The first-order valence-corrected chi connectivity index (χ1v) is 16.3. The van der Waals surface area contributed by atoms with Crippen LogP contribution in [0.5, 0.6) is 0 Å². The molecule has 0 aliphatic carbocycles. The molecule has 3 saturated heterocycles. The zero-order valence-corrected chi connectivity index (χ0v) is 27.5. The number of amides is 3. The van der Waals surface area contributed by atoms with E-state index in [2.05, 4.69) is 31.9 Å². The maximum absolute atomic E-state index is 14.9. The number of aliphatic hydroxyl groups is 1. The van der Waals surface area contributed by atoms with Gasteiger partial charge in [-0.2, -0.15) is 0 Å². The van der Waals surface area contributed by atoms with Crippen molar-refractivity contribution in [3.63, 3.8) is 0 Å². The summed E-state index contributed by atoms with van der Waals surface area (Å²) in [7, 11) is 0. The molecule has 7 atom stereocenters. The number of likely N-dealkylation sites (tertiary alicyclic amines) is 1. The number of aliphatic hydroxyl groups excluding tert-OH is 1. The van der Waals surface area contributed by atoms with Crippen LogP contribution in [0.3, 0.4) is 0 Å². The van der Waals surface area contributed by atoms with Gasteiger partial charge >= 0.3 is 0 Å². The molecule has 1 N–H and O–H groups in total. The van der Waals surface area contributed by atoms with Crippen molar-refractivity contribution in [1.29, 1.82) is 0 Å². The van der Waals surface area contributed by atoms with Crippen LogP contribution in [0.4, 0.5) is 11.4 Å². The third-order valence-electron chi connectivity index (χ3n) is 10.4. The van der Waals surface area contributed by atoms with Crippen molar-refractivity contribution >= 4 is 29.1 Å². The molecule has 3 aliphatic rings. The van der Waals surface area contributed by atoms with Gasteiger partial charge in [0.2, 0.25) is 11.8 Å². The van der Waals surface area contributed by atoms with Crippen LogP contribution in [-0.4, -0.2) is 95.2 Å². The number of rotatable bonds is 15. The molecule has 242 valence electrons. The molecule has 4 rings (SSSR count). The number of anilines is 2. The van der Waals surface area contributed by atoms with E-state index in [1.54, 1.807) is 26.9 Å². The standard InChI is InChI=1S/C35H52N4O5/c1-9-19-37(20-10-2)31(41)28-29-32(42)39(25(12-4)23-40)30(35(29)22-24(7)34(28,8)44-35)33(43)38(21-11-3)27-17-15-26(16-18-27)36(13-5)14-6/h9,11,15-18,24-25,28-30,40H,1,3,10,12-14,19-23H2,2,4-8H3/t24?,25-,28-,29-,30?,34+,35?/m0/s1. The monoisotopic (exact) mass is 608 g/mol. The summed E-state index contributed by atoms with van der Waals surface area (Å²) in [6, 6.07) is 6.27. The topological polar surface area (TPSA) is 93.6 Å². The fourth-order valence-corrected chi connectivity index (χ4v) is 8.08. The number of carbonyl (C=O) groups is 3. The quantitative estimate of drug-likeness (QED) is 0.299. The van der Waals surface area contributed by atoms with E-state index >= 15 is 0 Å². The molecule has 3 amide bonds. The first kappa shape index (κ1) is 33.7. The molecule has 0 saturated carbocycles. The third-order valence-corrected chi connectivity index (χ3v) is 10.4. The van der Waals surface area contributed by atoms with E-state index in [1.807, 2.05) is 52.0 Å². The van der Waals surface area contributed by atoms with Crippen LogP contribution in [0.1, 0.15) is 60.8 Å². The lowest BCUT2D eigenvalue weighted by Crippen LogP contribution is -2.59. The second kappa shape index (κ2) is 13.4. The van der Waals surface area contributed by atoms with Crippen LogP contribution >= 0.6 is 0 Å². The minimum Gasteiger partial charge on any atom is -0.394 e. The normalized spacial score (nSPS) is 29.3. The molecular formula is C35H52N4O5. The molecule has 9 heteroatoms. The summed E-state index contributed by atoms with van der Waals surface area (Å²) in [5.41, 5.74) is -0.359. The minimum atomic E-state index is -1.20. The zero-order valence-electron chi connectivity index (χ0n) is 27.5. The fourth-order valence-electron chi connectivity index (χ4n) is 8.08. The number of carbonyl (C=O) groups excluding carboxylic acids is 3.